The fraction of sp³-hybridized carbons (Fsp3) is 0.500. The zero-order valence-corrected chi connectivity index (χ0v) is 11.9. The molecule has 96 valence electrons. The molecule has 1 saturated heterocycles. The fourth-order valence-corrected chi connectivity index (χ4v) is 2.53. The molecule has 0 aliphatic carbocycles. The number of piperidine rings is 1. The summed E-state index contributed by atoms with van der Waals surface area (Å²) in [7, 11) is 0. The lowest BCUT2D eigenvalue weighted by Crippen LogP contribution is -2.37. The number of nitriles is 1. The van der Waals surface area contributed by atoms with E-state index in [2.05, 4.69) is 11.0 Å². The summed E-state index contributed by atoms with van der Waals surface area (Å²) >= 11 is 11.9. The van der Waals surface area contributed by atoms with Gasteiger partial charge in [-0.25, -0.2) is 0 Å². The number of benzene rings is 1. The van der Waals surface area contributed by atoms with Crippen molar-refractivity contribution < 1.29 is 0 Å². The van der Waals surface area contributed by atoms with Crippen LogP contribution in [0, 0.1) is 16.7 Å². The summed E-state index contributed by atoms with van der Waals surface area (Å²) in [6.07, 6.45) is 1.87. The number of nitrogens with zero attached hydrogens (tertiary/aromatic N) is 2. The van der Waals surface area contributed by atoms with Crippen LogP contribution in [0.3, 0.4) is 0 Å². The van der Waals surface area contributed by atoms with Crippen molar-refractivity contribution >= 4 is 23.2 Å². The molecule has 2 nitrogen and oxygen atoms in total. The summed E-state index contributed by atoms with van der Waals surface area (Å²) in [4.78, 5) is 2.36. The molecule has 0 radical (unpaired) electrons. The summed E-state index contributed by atoms with van der Waals surface area (Å²) in [5.74, 6) is 0. The Kier molecular flexibility index (Phi) is 4.17. The van der Waals surface area contributed by atoms with Crippen LogP contribution in [0.15, 0.2) is 18.2 Å². The Morgan fingerprint density at radius 3 is 2.50 bits per heavy atom. The van der Waals surface area contributed by atoms with Gasteiger partial charge in [0.15, 0.2) is 0 Å². The van der Waals surface area contributed by atoms with Crippen molar-refractivity contribution in [3.63, 3.8) is 0 Å². The Morgan fingerprint density at radius 1 is 1.28 bits per heavy atom. The number of likely N-dealkylation sites (tertiary alicyclic amines) is 1. The average Bonchev–Trinajstić information content (AvgIpc) is 2.37. The topological polar surface area (TPSA) is 27.0 Å². The lowest BCUT2D eigenvalue weighted by atomic mass is 9.82. The summed E-state index contributed by atoms with van der Waals surface area (Å²) in [5.41, 5.74) is 1.03. The van der Waals surface area contributed by atoms with Gasteiger partial charge >= 0.3 is 0 Å². The number of halogens is 2. The molecule has 1 fully saturated rings. The van der Waals surface area contributed by atoms with Crippen LogP contribution in [0.2, 0.25) is 10.0 Å². The third kappa shape index (κ3) is 3.17. The highest BCUT2D eigenvalue weighted by molar-refractivity contribution is 6.42. The van der Waals surface area contributed by atoms with Crippen LogP contribution in [0.1, 0.15) is 25.3 Å². The van der Waals surface area contributed by atoms with Crippen LogP contribution in [0.5, 0.6) is 0 Å². The van der Waals surface area contributed by atoms with E-state index in [0.717, 1.165) is 32.5 Å². The predicted octanol–water partition coefficient (Wildman–Crippen LogP) is 4.12. The van der Waals surface area contributed by atoms with Crippen molar-refractivity contribution in [3.05, 3.63) is 33.8 Å². The predicted molar refractivity (Wildman–Crippen MR) is 74.7 cm³/mol. The second-order valence-electron chi connectivity index (χ2n) is 5.20. The van der Waals surface area contributed by atoms with Crippen molar-refractivity contribution in [2.45, 2.75) is 26.3 Å². The first-order valence-corrected chi connectivity index (χ1v) is 6.85. The van der Waals surface area contributed by atoms with Crippen LogP contribution >= 0.6 is 23.2 Å². The molecule has 0 atom stereocenters. The van der Waals surface area contributed by atoms with Crippen molar-refractivity contribution in [2.24, 2.45) is 5.41 Å². The van der Waals surface area contributed by atoms with Gasteiger partial charge in [-0.15, -0.1) is 0 Å². The molecule has 0 aromatic heterocycles. The minimum absolute atomic E-state index is 0.145. The van der Waals surface area contributed by atoms with E-state index in [4.69, 9.17) is 28.5 Å². The summed E-state index contributed by atoms with van der Waals surface area (Å²) in [6.45, 7) is 4.84. The van der Waals surface area contributed by atoms with Gasteiger partial charge in [-0.1, -0.05) is 29.3 Å². The van der Waals surface area contributed by atoms with E-state index in [0.29, 0.717) is 10.0 Å². The lowest BCUT2D eigenvalue weighted by molar-refractivity contribution is 0.150. The Bertz CT molecular complexity index is 471. The highest BCUT2D eigenvalue weighted by Gasteiger charge is 2.29. The first kappa shape index (κ1) is 13.7. The third-order valence-electron chi connectivity index (χ3n) is 3.62. The molecule has 2 rings (SSSR count). The molecule has 0 spiro atoms. The maximum absolute atomic E-state index is 9.09. The SMILES string of the molecule is CC1(C#N)CCN(Cc2ccc(Cl)c(Cl)c2)CC1. The van der Waals surface area contributed by atoms with Gasteiger partial charge < -0.3 is 0 Å². The Hall–Kier alpha value is -0.750. The second-order valence-corrected chi connectivity index (χ2v) is 6.01. The molecule has 0 bridgehead atoms. The van der Waals surface area contributed by atoms with Crippen molar-refractivity contribution in [1.82, 2.24) is 4.90 Å². The van der Waals surface area contributed by atoms with Gasteiger partial charge in [-0.05, 0) is 50.6 Å². The van der Waals surface area contributed by atoms with Crippen LogP contribution in [-0.2, 0) is 6.54 Å². The maximum atomic E-state index is 9.09. The van der Waals surface area contributed by atoms with Crippen molar-refractivity contribution in [2.75, 3.05) is 13.1 Å². The smallest absolute Gasteiger partial charge is 0.0687 e. The van der Waals surface area contributed by atoms with Gasteiger partial charge in [-0.3, -0.25) is 4.90 Å². The standard InChI is InChI=1S/C14H16Cl2N2/c1-14(10-17)4-6-18(7-5-14)9-11-2-3-12(15)13(16)8-11/h2-3,8H,4-7,9H2,1H3. The van der Waals surface area contributed by atoms with Gasteiger partial charge in [0, 0.05) is 6.54 Å². The van der Waals surface area contributed by atoms with Crippen LogP contribution < -0.4 is 0 Å². The molecule has 1 aromatic rings. The van der Waals surface area contributed by atoms with E-state index in [9.17, 15) is 0 Å². The van der Waals surface area contributed by atoms with Gasteiger partial charge in [0.05, 0.1) is 21.5 Å². The molecule has 0 saturated carbocycles. The van der Waals surface area contributed by atoms with E-state index < -0.39 is 0 Å². The average molecular weight is 283 g/mol. The van der Waals surface area contributed by atoms with Crippen LogP contribution in [0.4, 0.5) is 0 Å². The largest absolute Gasteiger partial charge is 0.299 e. The molecule has 1 aromatic carbocycles. The first-order valence-electron chi connectivity index (χ1n) is 6.10. The molecule has 1 heterocycles. The summed E-state index contributed by atoms with van der Waals surface area (Å²) in [6, 6.07) is 8.18. The Labute approximate surface area is 118 Å². The molecular formula is C14H16Cl2N2. The fourth-order valence-electron chi connectivity index (χ4n) is 2.21. The molecule has 1 aliphatic heterocycles. The Morgan fingerprint density at radius 2 is 1.94 bits per heavy atom. The zero-order valence-electron chi connectivity index (χ0n) is 10.4. The van der Waals surface area contributed by atoms with Gasteiger partial charge in [0.1, 0.15) is 0 Å². The second kappa shape index (κ2) is 5.48. The van der Waals surface area contributed by atoms with Crippen molar-refractivity contribution in [1.29, 1.82) is 5.26 Å². The highest BCUT2D eigenvalue weighted by Crippen LogP contribution is 2.31. The van der Waals surface area contributed by atoms with E-state index >= 15 is 0 Å². The Balaban J connectivity index is 1.96. The molecule has 0 amide bonds. The number of hydrogen-bond donors (Lipinski definition) is 0. The van der Waals surface area contributed by atoms with E-state index in [1.165, 1.54) is 5.56 Å². The molecule has 1 aliphatic rings. The van der Waals surface area contributed by atoms with E-state index in [-0.39, 0.29) is 5.41 Å². The maximum Gasteiger partial charge on any atom is 0.0687 e. The zero-order chi connectivity index (χ0) is 13.2. The summed E-state index contributed by atoms with van der Waals surface area (Å²) < 4.78 is 0. The summed E-state index contributed by atoms with van der Waals surface area (Å²) in [5, 5.41) is 10.3. The molecule has 18 heavy (non-hydrogen) atoms. The van der Waals surface area contributed by atoms with Crippen molar-refractivity contribution in [3.8, 4) is 6.07 Å². The first-order chi connectivity index (χ1) is 8.52. The monoisotopic (exact) mass is 282 g/mol. The number of rotatable bonds is 2. The minimum atomic E-state index is -0.145. The van der Waals surface area contributed by atoms with E-state index in [1.807, 2.05) is 25.1 Å². The molecular weight excluding hydrogens is 267 g/mol. The lowest BCUT2D eigenvalue weighted by Gasteiger charge is -2.34. The molecule has 4 heteroatoms. The van der Waals surface area contributed by atoms with Gasteiger partial charge in [0.25, 0.3) is 0 Å². The highest BCUT2D eigenvalue weighted by atomic mass is 35.5. The minimum Gasteiger partial charge on any atom is -0.299 e. The molecule has 0 unspecified atom stereocenters. The van der Waals surface area contributed by atoms with Gasteiger partial charge in [-0.2, -0.15) is 5.26 Å². The van der Waals surface area contributed by atoms with Crippen LogP contribution in [-0.4, -0.2) is 18.0 Å². The number of hydrogen-bond acceptors (Lipinski definition) is 2. The van der Waals surface area contributed by atoms with Crippen LogP contribution in [0.25, 0.3) is 0 Å². The quantitative estimate of drug-likeness (QED) is 0.816. The van der Waals surface area contributed by atoms with Gasteiger partial charge in [0.2, 0.25) is 0 Å². The normalized spacial score (nSPS) is 19.4. The third-order valence-corrected chi connectivity index (χ3v) is 4.36. The molecule has 0 N–H and O–H groups in total. The van der Waals surface area contributed by atoms with E-state index in [1.54, 1.807) is 0 Å².